The maximum atomic E-state index is 6.25. The van der Waals surface area contributed by atoms with Gasteiger partial charge in [-0.3, -0.25) is 0 Å². The summed E-state index contributed by atoms with van der Waals surface area (Å²) in [4.78, 5) is 0. The summed E-state index contributed by atoms with van der Waals surface area (Å²) in [5.41, 5.74) is 2.72. The molecule has 0 heterocycles. The third-order valence-electron chi connectivity index (χ3n) is 3.24. The van der Waals surface area contributed by atoms with E-state index in [-0.39, 0.29) is 6.04 Å². The first kappa shape index (κ1) is 15.9. The van der Waals surface area contributed by atoms with Crippen molar-refractivity contribution >= 4 is 46.4 Å². The summed E-state index contributed by atoms with van der Waals surface area (Å²) in [5.74, 6) is 0. The van der Waals surface area contributed by atoms with Gasteiger partial charge in [-0.15, -0.1) is 0 Å². The Morgan fingerprint density at radius 2 is 1.40 bits per heavy atom. The Morgan fingerprint density at radius 3 is 1.85 bits per heavy atom. The van der Waals surface area contributed by atoms with E-state index in [1.54, 1.807) is 6.07 Å². The SMILES string of the molecule is CNC(C)c1ccc(-c2c(Cl)c(Cl)cc(Cl)c2Cl)cc1. The second-order valence-corrected chi connectivity index (χ2v) is 6.05. The predicted molar refractivity (Wildman–Crippen MR) is 89.4 cm³/mol. The minimum Gasteiger partial charge on any atom is -0.313 e. The molecule has 0 aliphatic rings. The molecule has 2 rings (SSSR count). The topological polar surface area (TPSA) is 12.0 Å². The largest absolute Gasteiger partial charge is 0.313 e. The van der Waals surface area contributed by atoms with Crippen molar-refractivity contribution in [3.05, 3.63) is 56.0 Å². The molecule has 1 N–H and O–H groups in total. The third kappa shape index (κ3) is 3.08. The van der Waals surface area contributed by atoms with Crippen LogP contribution < -0.4 is 5.32 Å². The van der Waals surface area contributed by atoms with Crippen LogP contribution >= 0.6 is 46.4 Å². The zero-order valence-corrected chi connectivity index (χ0v) is 14.0. The maximum Gasteiger partial charge on any atom is 0.0686 e. The third-order valence-corrected chi connectivity index (χ3v) is 4.82. The van der Waals surface area contributed by atoms with E-state index in [1.165, 1.54) is 5.56 Å². The molecule has 0 radical (unpaired) electrons. The van der Waals surface area contributed by atoms with Crippen molar-refractivity contribution in [2.45, 2.75) is 13.0 Å². The molecule has 0 bridgehead atoms. The lowest BCUT2D eigenvalue weighted by Gasteiger charge is -2.13. The first-order chi connectivity index (χ1) is 9.45. The first-order valence-corrected chi connectivity index (χ1v) is 7.57. The van der Waals surface area contributed by atoms with E-state index >= 15 is 0 Å². The normalized spacial score (nSPS) is 12.5. The van der Waals surface area contributed by atoms with Crippen molar-refractivity contribution in [2.24, 2.45) is 0 Å². The Labute approximate surface area is 138 Å². The van der Waals surface area contributed by atoms with Crippen molar-refractivity contribution in [3.63, 3.8) is 0 Å². The Morgan fingerprint density at radius 1 is 0.900 bits per heavy atom. The van der Waals surface area contributed by atoms with Gasteiger partial charge in [-0.25, -0.2) is 0 Å². The molecule has 1 nitrogen and oxygen atoms in total. The van der Waals surface area contributed by atoms with Crippen molar-refractivity contribution in [1.82, 2.24) is 5.32 Å². The summed E-state index contributed by atoms with van der Waals surface area (Å²) in [7, 11) is 1.92. The second-order valence-electron chi connectivity index (χ2n) is 4.48. The van der Waals surface area contributed by atoms with E-state index < -0.39 is 0 Å². The average molecular weight is 349 g/mol. The molecule has 5 heteroatoms. The van der Waals surface area contributed by atoms with E-state index in [2.05, 4.69) is 12.2 Å². The molecule has 0 aliphatic heterocycles. The number of benzene rings is 2. The summed E-state index contributed by atoms with van der Waals surface area (Å²) < 4.78 is 0. The van der Waals surface area contributed by atoms with E-state index in [0.717, 1.165) is 5.56 Å². The van der Waals surface area contributed by atoms with Crippen LogP contribution in [0.3, 0.4) is 0 Å². The summed E-state index contributed by atoms with van der Waals surface area (Å²) >= 11 is 24.6. The van der Waals surface area contributed by atoms with E-state index in [1.807, 2.05) is 31.3 Å². The Balaban J connectivity index is 2.52. The van der Waals surface area contributed by atoms with Crippen LogP contribution in [0.25, 0.3) is 11.1 Å². The van der Waals surface area contributed by atoms with Gasteiger partial charge in [0.05, 0.1) is 20.1 Å². The van der Waals surface area contributed by atoms with Gasteiger partial charge in [0.25, 0.3) is 0 Å². The molecule has 106 valence electrons. The monoisotopic (exact) mass is 347 g/mol. The molecule has 0 aliphatic carbocycles. The van der Waals surface area contributed by atoms with Crippen LogP contribution in [0.15, 0.2) is 30.3 Å². The average Bonchev–Trinajstić information content (AvgIpc) is 2.45. The molecule has 0 amide bonds. The Hall–Kier alpha value is -0.440. The number of halogens is 4. The van der Waals surface area contributed by atoms with E-state index in [9.17, 15) is 0 Å². The van der Waals surface area contributed by atoms with Crippen LogP contribution in [0, 0.1) is 0 Å². The van der Waals surface area contributed by atoms with Crippen LogP contribution in [0.4, 0.5) is 0 Å². The van der Waals surface area contributed by atoms with Gasteiger partial charge in [-0.2, -0.15) is 0 Å². The fourth-order valence-corrected chi connectivity index (χ4v) is 2.96. The van der Waals surface area contributed by atoms with Crippen molar-refractivity contribution < 1.29 is 0 Å². The lowest BCUT2D eigenvalue weighted by Crippen LogP contribution is -2.11. The zero-order chi connectivity index (χ0) is 14.9. The molecule has 0 aromatic heterocycles. The van der Waals surface area contributed by atoms with Crippen LogP contribution in [-0.2, 0) is 0 Å². The lowest BCUT2D eigenvalue weighted by molar-refractivity contribution is 0.652. The Kier molecular flexibility index (Phi) is 5.22. The van der Waals surface area contributed by atoms with Gasteiger partial charge in [-0.1, -0.05) is 70.7 Å². The predicted octanol–water partition coefficient (Wildman–Crippen LogP) is 6.25. The van der Waals surface area contributed by atoms with Gasteiger partial charge in [0.1, 0.15) is 0 Å². The molecule has 0 saturated carbocycles. The van der Waals surface area contributed by atoms with E-state index in [4.69, 9.17) is 46.4 Å². The molecule has 2 aromatic rings. The fraction of sp³-hybridized carbons (Fsp3) is 0.200. The number of hydrogen-bond donors (Lipinski definition) is 1. The first-order valence-electron chi connectivity index (χ1n) is 6.06. The standard InChI is InChI=1S/C15H13Cl4N/c1-8(20-2)9-3-5-10(6-4-9)13-14(18)11(16)7-12(17)15(13)19/h3-8,20H,1-2H3. The highest BCUT2D eigenvalue weighted by molar-refractivity contribution is 6.50. The maximum absolute atomic E-state index is 6.25. The minimum atomic E-state index is 0.276. The van der Waals surface area contributed by atoms with Gasteiger partial charge in [0, 0.05) is 11.6 Å². The molecule has 0 spiro atoms. The second kappa shape index (κ2) is 6.55. The van der Waals surface area contributed by atoms with Crippen LogP contribution in [0.5, 0.6) is 0 Å². The van der Waals surface area contributed by atoms with Crippen molar-refractivity contribution in [2.75, 3.05) is 7.05 Å². The molecule has 0 saturated heterocycles. The molecule has 20 heavy (non-hydrogen) atoms. The van der Waals surface area contributed by atoms with Gasteiger partial charge >= 0.3 is 0 Å². The molecular weight excluding hydrogens is 336 g/mol. The molecular formula is C15H13Cl4N. The van der Waals surface area contributed by atoms with Crippen molar-refractivity contribution in [1.29, 1.82) is 0 Å². The van der Waals surface area contributed by atoms with Crippen LogP contribution in [0.1, 0.15) is 18.5 Å². The summed E-state index contributed by atoms with van der Waals surface area (Å²) in [6.45, 7) is 2.09. The molecule has 0 fully saturated rings. The van der Waals surface area contributed by atoms with Crippen molar-refractivity contribution in [3.8, 4) is 11.1 Å². The van der Waals surface area contributed by atoms with E-state index in [0.29, 0.717) is 25.7 Å². The number of rotatable bonds is 3. The minimum absolute atomic E-state index is 0.276. The number of nitrogens with one attached hydrogen (secondary N) is 1. The van der Waals surface area contributed by atoms with Gasteiger partial charge in [0.15, 0.2) is 0 Å². The molecule has 1 unspecified atom stereocenters. The van der Waals surface area contributed by atoms with Gasteiger partial charge < -0.3 is 5.32 Å². The summed E-state index contributed by atoms with van der Waals surface area (Å²) in [5, 5.41) is 4.80. The quantitative estimate of drug-likeness (QED) is 0.646. The van der Waals surface area contributed by atoms with Crippen LogP contribution in [-0.4, -0.2) is 7.05 Å². The highest BCUT2D eigenvalue weighted by Crippen LogP contribution is 2.43. The highest BCUT2D eigenvalue weighted by atomic mass is 35.5. The lowest BCUT2D eigenvalue weighted by atomic mass is 10.0. The smallest absolute Gasteiger partial charge is 0.0686 e. The van der Waals surface area contributed by atoms with Gasteiger partial charge in [0.2, 0.25) is 0 Å². The zero-order valence-electron chi connectivity index (χ0n) is 11.0. The van der Waals surface area contributed by atoms with Crippen LogP contribution in [0.2, 0.25) is 20.1 Å². The molecule has 1 atom stereocenters. The Bertz CT molecular complexity index is 597. The van der Waals surface area contributed by atoms with Gasteiger partial charge in [-0.05, 0) is 31.2 Å². The summed E-state index contributed by atoms with van der Waals surface area (Å²) in [6, 6.07) is 9.80. The highest BCUT2D eigenvalue weighted by Gasteiger charge is 2.15. The fourth-order valence-electron chi connectivity index (χ4n) is 1.93. The number of hydrogen-bond acceptors (Lipinski definition) is 1. The molecule has 2 aromatic carbocycles. The summed E-state index contributed by atoms with van der Waals surface area (Å²) in [6.07, 6.45) is 0.